The van der Waals surface area contributed by atoms with Crippen molar-refractivity contribution in [3.63, 3.8) is 0 Å². The fraction of sp³-hybridized carbons (Fsp3) is 0.350. The van der Waals surface area contributed by atoms with Gasteiger partial charge in [-0.25, -0.2) is 13.2 Å². The van der Waals surface area contributed by atoms with Crippen molar-refractivity contribution < 1.29 is 18.0 Å². The van der Waals surface area contributed by atoms with Crippen molar-refractivity contribution in [3.05, 3.63) is 56.9 Å². The van der Waals surface area contributed by atoms with Crippen LogP contribution in [0, 0.1) is 26.9 Å². The van der Waals surface area contributed by atoms with Crippen LogP contribution in [0.15, 0.2) is 30.3 Å². The number of nitrogens with one attached hydrogen (secondary N) is 2. The summed E-state index contributed by atoms with van der Waals surface area (Å²) < 4.78 is 43.0. The van der Waals surface area contributed by atoms with E-state index < -0.39 is 23.4 Å². The van der Waals surface area contributed by atoms with E-state index >= 15 is 0 Å². The number of carbonyl (C=O) groups is 1. The highest BCUT2D eigenvalue weighted by atomic mass is 127. The number of hydrogen-bond acceptors (Lipinski definition) is 3. The van der Waals surface area contributed by atoms with Crippen molar-refractivity contribution >= 4 is 39.9 Å². The first kappa shape index (κ1) is 20.9. The van der Waals surface area contributed by atoms with Crippen LogP contribution in [0.3, 0.4) is 0 Å². The third-order valence-corrected chi connectivity index (χ3v) is 5.29. The SMILES string of the molecule is CCCNCC1CN(C(=O)c2ccc(F)c(F)c2Nc2ccc(I)cc2F)C1. The van der Waals surface area contributed by atoms with Gasteiger partial charge in [0.25, 0.3) is 5.91 Å². The second-order valence-corrected chi connectivity index (χ2v) is 8.06. The zero-order valence-corrected chi connectivity index (χ0v) is 17.5. The number of hydrogen-bond donors (Lipinski definition) is 2. The summed E-state index contributed by atoms with van der Waals surface area (Å²) in [5.74, 6) is -2.98. The van der Waals surface area contributed by atoms with E-state index in [1.165, 1.54) is 18.2 Å². The molecule has 0 unspecified atom stereocenters. The zero-order chi connectivity index (χ0) is 20.3. The Kier molecular flexibility index (Phi) is 6.82. The van der Waals surface area contributed by atoms with Gasteiger partial charge in [-0.3, -0.25) is 4.79 Å². The van der Waals surface area contributed by atoms with E-state index in [0.29, 0.717) is 22.6 Å². The minimum Gasteiger partial charge on any atom is -0.350 e. The summed E-state index contributed by atoms with van der Waals surface area (Å²) in [7, 11) is 0. The van der Waals surface area contributed by atoms with Gasteiger partial charge < -0.3 is 15.5 Å². The minimum atomic E-state index is -1.20. The summed E-state index contributed by atoms with van der Waals surface area (Å²) in [4.78, 5) is 14.4. The van der Waals surface area contributed by atoms with Gasteiger partial charge in [-0.15, -0.1) is 0 Å². The minimum absolute atomic E-state index is 0.0168. The molecule has 2 aromatic rings. The maximum absolute atomic E-state index is 14.4. The van der Waals surface area contributed by atoms with Crippen LogP contribution in [0.2, 0.25) is 0 Å². The number of carbonyl (C=O) groups excluding carboxylic acids is 1. The van der Waals surface area contributed by atoms with Gasteiger partial charge in [0.1, 0.15) is 5.82 Å². The summed E-state index contributed by atoms with van der Waals surface area (Å²) >= 11 is 1.95. The van der Waals surface area contributed by atoms with Crippen LogP contribution in [0.25, 0.3) is 0 Å². The molecule has 1 saturated heterocycles. The molecule has 1 amide bonds. The molecule has 0 saturated carbocycles. The fourth-order valence-corrected chi connectivity index (χ4v) is 3.55. The summed E-state index contributed by atoms with van der Waals surface area (Å²) in [6, 6.07) is 6.47. The highest BCUT2D eigenvalue weighted by Crippen LogP contribution is 2.30. The third-order valence-electron chi connectivity index (χ3n) is 4.62. The molecule has 8 heteroatoms. The zero-order valence-electron chi connectivity index (χ0n) is 15.4. The van der Waals surface area contributed by atoms with Crippen molar-refractivity contribution in [1.82, 2.24) is 10.2 Å². The molecule has 4 nitrogen and oxygen atoms in total. The van der Waals surface area contributed by atoms with E-state index in [0.717, 1.165) is 25.6 Å². The van der Waals surface area contributed by atoms with E-state index in [9.17, 15) is 18.0 Å². The van der Waals surface area contributed by atoms with Crippen molar-refractivity contribution in [2.24, 2.45) is 5.92 Å². The first-order valence-electron chi connectivity index (χ1n) is 9.10. The van der Waals surface area contributed by atoms with Gasteiger partial charge >= 0.3 is 0 Å². The molecule has 2 N–H and O–H groups in total. The number of rotatable bonds is 7. The summed E-state index contributed by atoms with van der Waals surface area (Å²) in [5, 5.41) is 5.87. The van der Waals surface area contributed by atoms with E-state index in [1.54, 1.807) is 11.0 Å². The smallest absolute Gasteiger partial charge is 0.256 e. The quantitative estimate of drug-likeness (QED) is 0.432. The maximum atomic E-state index is 14.4. The van der Waals surface area contributed by atoms with Crippen LogP contribution in [0.5, 0.6) is 0 Å². The molecule has 0 radical (unpaired) electrons. The van der Waals surface area contributed by atoms with Crippen molar-refractivity contribution in [1.29, 1.82) is 0 Å². The maximum Gasteiger partial charge on any atom is 0.256 e. The molecule has 2 aromatic carbocycles. The van der Waals surface area contributed by atoms with Crippen LogP contribution in [-0.4, -0.2) is 37.0 Å². The van der Waals surface area contributed by atoms with Crippen LogP contribution >= 0.6 is 22.6 Å². The predicted octanol–water partition coefficient (Wildman–Crippen LogP) is 4.52. The lowest BCUT2D eigenvalue weighted by Crippen LogP contribution is -2.53. The van der Waals surface area contributed by atoms with E-state index in [2.05, 4.69) is 17.6 Å². The molecular formula is C20H21F3IN3O. The predicted molar refractivity (Wildman–Crippen MR) is 111 cm³/mol. The molecule has 1 aliphatic rings. The Hall–Kier alpha value is -1.81. The molecule has 1 fully saturated rings. The Morgan fingerprint density at radius 2 is 1.93 bits per heavy atom. The number of halogens is 4. The van der Waals surface area contributed by atoms with Crippen molar-refractivity contribution in [2.75, 3.05) is 31.5 Å². The van der Waals surface area contributed by atoms with E-state index in [1.807, 2.05) is 22.6 Å². The molecule has 0 atom stereocenters. The van der Waals surface area contributed by atoms with Gasteiger partial charge in [0.15, 0.2) is 11.6 Å². The highest BCUT2D eigenvalue weighted by molar-refractivity contribution is 14.1. The van der Waals surface area contributed by atoms with Gasteiger partial charge in [-0.1, -0.05) is 6.92 Å². The number of nitrogens with zero attached hydrogens (tertiary/aromatic N) is 1. The van der Waals surface area contributed by atoms with Crippen LogP contribution in [0.4, 0.5) is 24.5 Å². The van der Waals surface area contributed by atoms with Gasteiger partial charge in [0.2, 0.25) is 0 Å². The Morgan fingerprint density at radius 3 is 2.61 bits per heavy atom. The molecular weight excluding hydrogens is 482 g/mol. The largest absolute Gasteiger partial charge is 0.350 e. The van der Waals surface area contributed by atoms with E-state index in [4.69, 9.17) is 0 Å². The van der Waals surface area contributed by atoms with Gasteiger partial charge in [0.05, 0.1) is 16.9 Å². The van der Waals surface area contributed by atoms with Gasteiger partial charge in [-0.05, 0) is 65.9 Å². The number of likely N-dealkylation sites (tertiary alicyclic amines) is 1. The van der Waals surface area contributed by atoms with Crippen LogP contribution < -0.4 is 10.6 Å². The normalized spacial score (nSPS) is 14.1. The lowest BCUT2D eigenvalue weighted by molar-refractivity contribution is 0.0502. The molecule has 1 aliphatic heterocycles. The summed E-state index contributed by atoms with van der Waals surface area (Å²) in [5.41, 5.74) is -0.390. The average Bonchev–Trinajstić information content (AvgIpc) is 2.62. The van der Waals surface area contributed by atoms with Crippen LogP contribution in [-0.2, 0) is 0 Å². The molecule has 0 spiro atoms. The fourth-order valence-electron chi connectivity index (χ4n) is 3.09. The second-order valence-electron chi connectivity index (χ2n) is 6.81. The first-order chi connectivity index (χ1) is 13.4. The molecule has 0 aromatic heterocycles. The Balaban J connectivity index is 1.78. The average molecular weight is 503 g/mol. The Morgan fingerprint density at radius 1 is 1.18 bits per heavy atom. The molecule has 1 heterocycles. The lowest BCUT2D eigenvalue weighted by Gasteiger charge is -2.39. The molecule has 150 valence electrons. The number of amides is 1. The third kappa shape index (κ3) is 4.60. The number of benzene rings is 2. The van der Waals surface area contributed by atoms with Crippen LogP contribution in [0.1, 0.15) is 23.7 Å². The van der Waals surface area contributed by atoms with Gasteiger partial charge in [0, 0.05) is 29.1 Å². The van der Waals surface area contributed by atoms with Crippen molar-refractivity contribution in [3.8, 4) is 0 Å². The van der Waals surface area contributed by atoms with Gasteiger partial charge in [-0.2, -0.15) is 0 Å². The lowest BCUT2D eigenvalue weighted by atomic mass is 9.98. The molecule has 0 bridgehead atoms. The molecule has 3 rings (SSSR count). The highest BCUT2D eigenvalue weighted by Gasteiger charge is 2.33. The van der Waals surface area contributed by atoms with E-state index in [-0.39, 0.29) is 16.9 Å². The molecule has 0 aliphatic carbocycles. The van der Waals surface area contributed by atoms with Crippen molar-refractivity contribution in [2.45, 2.75) is 13.3 Å². The number of anilines is 2. The molecule has 28 heavy (non-hydrogen) atoms. The summed E-state index contributed by atoms with van der Waals surface area (Å²) in [6.45, 7) is 4.91. The first-order valence-corrected chi connectivity index (χ1v) is 10.2. The monoisotopic (exact) mass is 503 g/mol. The summed E-state index contributed by atoms with van der Waals surface area (Å²) in [6.07, 6.45) is 1.04. The Bertz CT molecular complexity index is 872. The Labute approximate surface area is 175 Å². The standard InChI is InChI=1S/C20H21F3IN3O/c1-2-7-25-9-12-10-27(11-12)20(28)14-4-5-15(21)18(23)19(14)26-17-6-3-13(24)8-16(17)22/h3-6,8,12,25-26H,2,7,9-11H2,1H3. The second kappa shape index (κ2) is 9.13. The topological polar surface area (TPSA) is 44.4 Å².